The monoisotopic (exact) mass is 399 g/mol. The van der Waals surface area contributed by atoms with Crippen LogP contribution in [0.25, 0.3) is 0 Å². The Morgan fingerprint density at radius 1 is 1.24 bits per heavy atom. The number of ether oxygens (including phenoxy) is 1. The van der Waals surface area contributed by atoms with Gasteiger partial charge < -0.3 is 15.2 Å². The van der Waals surface area contributed by atoms with E-state index in [9.17, 15) is 9.90 Å². The van der Waals surface area contributed by atoms with Crippen molar-refractivity contribution in [1.29, 1.82) is 0 Å². The van der Waals surface area contributed by atoms with Gasteiger partial charge in [0.25, 0.3) is 5.91 Å². The lowest BCUT2D eigenvalue weighted by molar-refractivity contribution is 0.0932. The normalized spacial score (nSPS) is 18.8. The Hall–Kier alpha value is -2.61. The number of benzene rings is 1. The van der Waals surface area contributed by atoms with E-state index in [1.807, 2.05) is 16.8 Å². The number of nitrogens with zero attached hydrogens (tertiary/aromatic N) is 4. The molecule has 1 amide bonds. The number of hydrogen-bond donors (Lipinski definition) is 2. The van der Waals surface area contributed by atoms with Crippen LogP contribution in [0.4, 0.5) is 0 Å². The molecule has 1 aromatic heterocycles. The fourth-order valence-electron chi connectivity index (χ4n) is 4.33. The number of nitrogens with one attached hydrogen (secondary N) is 1. The molecule has 156 valence electrons. The number of methoxy groups -OCH3 is 1. The van der Waals surface area contributed by atoms with E-state index >= 15 is 0 Å². The van der Waals surface area contributed by atoms with Gasteiger partial charge in [-0.2, -0.15) is 0 Å². The maximum absolute atomic E-state index is 12.4. The minimum absolute atomic E-state index is 0.117. The number of carbonyl (C=O) groups excluding carboxylic acids is 1. The van der Waals surface area contributed by atoms with Crippen LogP contribution in [0, 0.1) is 0 Å². The number of aromatic nitrogens is 3. The van der Waals surface area contributed by atoms with E-state index in [0.29, 0.717) is 18.0 Å². The maximum Gasteiger partial charge on any atom is 0.273 e. The molecule has 2 aliphatic rings. The average Bonchev–Trinajstić information content (AvgIpc) is 3.42. The molecule has 1 aliphatic carbocycles. The SMILES string of the molecule is COc1cccc(CN2CCC(n3cc(C(=O)NC4CCCC4)nn3)CC2)c1O. The molecule has 29 heavy (non-hydrogen) atoms. The topological polar surface area (TPSA) is 92.5 Å². The maximum atomic E-state index is 12.4. The predicted molar refractivity (Wildman–Crippen MR) is 108 cm³/mol. The van der Waals surface area contributed by atoms with Crippen LogP contribution in [0.1, 0.15) is 60.6 Å². The fourth-order valence-corrected chi connectivity index (χ4v) is 4.33. The summed E-state index contributed by atoms with van der Waals surface area (Å²) in [5, 5.41) is 21.7. The van der Waals surface area contributed by atoms with Gasteiger partial charge in [0.15, 0.2) is 17.2 Å². The van der Waals surface area contributed by atoms with Crippen molar-refractivity contribution in [3.05, 3.63) is 35.7 Å². The molecule has 0 bridgehead atoms. The van der Waals surface area contributed by atoms with Gasteiger partial charge in [0.1, 0.15) is 0 Å². The van der Waals surface area contributed by atoms with E-state index in [4.69, 9.17) is 4.74 Å². The molecule has 1 saturated heterocycles. The molecule has 1 aliphatic heterocycles. The Bertz CT molecular complexity index is 839. The van der Waals surface area contributed by atoms with Crippen LogP contribution in [-0.2, 0) is 6.54 Å². The molecule has 2 N–H and O–H groups in total. The third-order valence-corrected chi connectivity index (χ3v) is 6.06. The zero-order valence-corrected chi connectivity index (χ0v) is 16.9. The van der Waals surface area contributed by atoms with E-state index in [1.165, 1.54) is 12.8 Å². The van der Waals surface area contributed by atoms with Gasteiger partial charge in [-0.1, -0.05) is 30.2 Å². The molecule has 0 unspecified atom stereocenters. The third-order valence-electron chi connectivity index (χ3n) is 6.06. The second kappa shape index (κ2) is 8.82. The van der Waals surface area contributed by atoms with Crippen LogP contribution < -0.4 is 10.1 Å². The molecule has 8 nitrogen and oxygen atoms in total. The standard InChI is InChI=1S/C21H29N5O3/c1-29-19-8-4-5-15(20(19)27)13-25-11-9-17(10-12-25)26-14-18(23-24-26)21(28)22-16-6-2-3-7-16/h4-5,8,14,16-17,27H,2-3,6-7,9-13H2,1H3,(H,22,28). The number of hydrogen-bond acceptors (Lipinski definition) is 6. The molecule has 1 saturated carbocycles. The quantitative estimate of drug-likeness (QED) is 0.775. The van der Waals surface area contributed by atoms with Crippen molar-refractivity contribution < 1.29 is 14.6 Å². The summed E-state index contributed by atoms with van der Waals surface area (Å²) in [7, 11) is 1.56. The minimum Gasteiger partial charge on any atom is -0.504 e. The Labute approximate surface area is 170 Å². The fraction of sp³-hybridized carbons (Fsp3) is 0.571. The van der Waals surface area contributed by atoms with Gasteiger partial charge in [-0.05, 0) is 31.7 Å². The van der Waals surface area contributed by atoms with E-state index in [2.05, 4.69) is 20.5 Å². The molecular formula is C21H29N5O3. The first-order chi connectivity index (χ1) is 14.1. The van der Waals surface area contributed by atoms with Crippen LogP contribution >= 0.6 is 0 Å². The summed E-state index contributed by atoms with van der Waals surface area (Å²) in [5.74, 6) is 0.601. The number of aromatic hydroxyl groups is 1. The second-order valence-electron chi connectivity index (χ2n) is 8.01. The molecule has 8 heteroatoms. The number of piperidine rings is 1. The highest BCUT2D eigenvalue weighted by molar-refractivity contribution is 5.92. The zero-order valence-electron chi connectivity index (χ0n) is 16.9. The number of phenolic OH excluding ortho intramolecular Hbond substituents is 1. The summed E-state index contributed by atoms with van der Waals surface area (Å²) >= 11 is 0. The van der Waals surface area contributed by atoms with Gasteiger partial charge in [-0.3, -0.25) is 9.69 Å². The molecule has 2 aromatic rings. The van der Waals surface area contributed by atoms with Gasteiger partial charge >= 0.3 is 0 Å². The Morgan fingerprint density at radius 3 is 2.72 bits per heavy atom. The summed E-state index contributed by atoms with van der Waals surface area (Å²) in [6.07, 6.45) is 8.11. The number of amides is 1. The van der Waals surface area contributed by atoms with Crippen molar-refractivity contribution in [3.63, 3.8) is 0 Å². The third kappa shape index (κ3) is 4.53. The summed E-state index contributed by atoms with van der Waals surface area (Å²) in [4.78, 5) is 14.7. The summed E-state index contributed by atoms with van der Waals surface area (Å²) < 4.78 is 7.03. The van der Waals surface area contributed by atoms with Crippen molar-refractivity contribution >= 4 is 5.91 Å². The number of carbonyl (C=O) groups is 1. The van der Waals surface area contributed by atoms with E-state index in [1.54, 1.807) is 19.4 Å². The lowest BCUT2D eigenvalue weighted by atomic mass is 10.0. The number of phenols is 1. The summed E-state index contributed by atoms with van der Waals surface area (Å²) in [6.45, 7) is 2.47. The van der Waals surface area contributed by atoms with E-state index in [-0.39, 0.29) is 23.7 Å². The highest BCUT2D eigenvalue weighted by atomic mass is 16.5. The van der Waals surface area contributed by atoms with Gasteiger partial charge in [-0.25, -0.2) is 4.68 Å². The zero-order chi connectivity index (χ0) is 20.2. The Kier molecular flexibility index (Phi) is 5.99. The molecule has 1 aromatic carbocycles. The Morgan fingerprint density at radius 2 is 2.00 bits per heavy atom. The second-order valence-corrected chi connectivity index (χ2v) is 8.01. The molecule has 4 rings (SSSR count). The first kappa shape index (κ1) is 19.7. The van der Waals surface area contributed by atoms with Gasteiger partial charge in [0.05, 0.1) is 19.3 Å². The first-order valence-corrected chi connectivity index (χ1v) is 10.4. The van der Waals surface area contributed by atoms with Crippen LogP contribution in [-0.4, -0.2) is 57.1 Å². The van der Waals surface area contributed by atoms with Crippen LogP contribution in [0.15, 0.2) is 24.4 Å². The smallest absolute Gasteiger partial charge is 0.273 e. The minimum atomic E-state index is -0.117. The molecule has 2 fully saturated rings. The van der Waals surface area contributed by atoms with Gasteiger partial charge in [0.2, 0.25) is 0 Å². The Balaban J connectivity index is 1.31. The molecule has 0 atom stereocenters. The van der Waals surface area contributed by atoms with Crippen molar-refractivity contribution in [3.8, 4) is 11.5 Å². The van der Waals surface area contributed by atoms with Crippen molar-refractivity contribution in [2.45, 2.75) is 57.2 Å². The lowest BCUT2D eigenvalue weighted by Crippen LogP contribution is -2.34. The first-order valence-electron chi connectivity index (χ1n) is 10.4. The van der Waals surface area contributed by atoms with Gasteiger partial charge in [-0.15, -0.1) is 5.10 Å². The highest BCUT2D eigenvalue weighted by Crippen LogP contribution is 2.31. The van der Waals surface area contributed by atoms with Crippen molar-refractivity contribution in [1.82, 2.24) is 25.2 Å². The molecule has 0 radical (unpaired) electrons. The van der Waals surface area contributed by atoms with E-state index < -0.39 is 0 Å². The largest absolute Gasteiger partial charge is 0.504 e. The van der Waals surface area contributed by atoms with Crippen LogP contribution in [0.2, 0.25) is 0 Å². The number of para-hydroxylation sites is 1. The number of likely N-dealkylation sites (tertiary alicyclic amines) is 1. The lowest BCUT2D eigenvalue weighted by Gasteiger charge is -2.32. The van der Waals surface area contributed by atoms with Crippen LogP contribution in [0.5, 0.6) is 11.5 Å². The van der Waals surface area contributed by atoms with Crippen molar-refractivity contribution in [2.75, 3.05) is 20.2 Å². The molecule has 0 spiro atoms. The highest BCUT2D eigenvalue weighted by Gasteiger charge is 2.25. The summed E-state index contributed by atoms with van der Waals surface area (Å²) in [6, 6.07) is 6.11. The van der Waals surface area contributed by atoms with Gasteiger partial charge in [0, 0.05) is 31.2 Å². The van der Waals surface area contributed by atoms with E-state index in [0.717, 1.165) is 44.3 Å². The van der Waals surface area contributed by atoms with Crippen LogP contribution in [0.3, 0.4) is 0 Å². The molecular weight excluding hydrogens is 370 g/mol. The predicted octanol–water partition coefficient (Wildman–Crippen LogP) is 2.50. The average molecular weight is 399 g/mol. The number of rotatable bonds is 6. The molecule has 2 heterocycles. The summed E-state index contributed by atoms with van der Waals surface area (Å²) in [5.41, 5.74) is 1.27. The van der Waals surface area contributed by atoms with Crippen molar-refractivity contribution in [2.24, 2.45) is 0 Å².